The molecular weight excluding hydrogens is 232 g/mol. The molecule has 1 aliphatic carbocycles. The van der Waals surface area contributed by atoms with E-state index in [2.05, 4.69) is 0 Å². The molecule has 1 aromatic carbocycles. The molecule has 1 aromatic rings. The summed E-state index contributed by atoms with van der Waals surface area (Å²) in [6, 6.07) is 4.84. The Kier molecular flexibility index (Phi) is 4.20. The third kappa shape index (κ3) is 3.01. The van der Waals surface area contributed by atoms with E-state index in [1.165, 1.54) is 12.8 Å². The predicted molar refractivity (Wildman–Crippen MR) is 67.0 cm³/mol. The fraction of sp³-hybridized carbons (Fsp3) is 0.500. The summed E-state index contributed by atoms with van der Waals surface area (Å²) in [5.74, 6) is -0.252. The van der Waals surface area contributed by atoms with Gasteiger partial charge in [0.05, 0.1) is 25.4 Å². The maximum Gasteiger partial charge on any atom is 0.335 e. The van der Waals surface area contributed by atoms with Gasteiger partial charge in [0.15, 0.2) is 0 Å². The van der Waals surface area contributed by atoms with Crippen LogP contribution in [0.5, 0.6) is 5.75 Å². The Hall–Kier alpha value is -1.55. The maximum absolute atomic E-state index is 10.9. The van der Waals surface area contributed by atoms with E-state index in [4.69, 9.17) is 14.6 Å². The zero-order chi connectivity index (χ0) is 13.0. The minimum Gasteiger partial charge on any atom is -0.496 e. The number of carbonyl (C=O) groups is 1. The summed E-state index contributed by atoms with van der Waals surface area (Å²) in [6.07, 6.45) is 4.94. The number of aromatic carboxylic acids is 1. The highest BCUT2D eigenvalue weighted by Crippen LogP contribution is 2.25. The summed E-state index contributed by atoms with van der Waals surface area (Å²) in [6.45, 7) is 0.412. The van der Waals surface area contributed by atoms with Gasteiger partial charge in [-0.05, 0) is 31.0 Å². The number of methoxy groups -OCH3 is 1. The SMILES string of the molecule is COc1ccc(C(=O)O)cc1COC1CCCC1. The molecular formula is C14H18O4. The first-order chi connectivity index (χ1) is 8.70. The van der Waals surface area contributed by atoms with Gasteiger partial charge in [-0.2, -0.15) is 0 Å². The molecule has 0 aromatic heterocycles. The van der Waals surface area contributed by atoms with E-state index in [-0.39, 0.29) is 5.56 Å². The number of benzene rings is 1. The molecule has 4 nitrogen and oxygen atoms in total. The highest BCUT2D eigenvalue weighted by molar-refractivity contribution is 5.88. The van der Waals surface area contributed by atoms with Crippen molar-refractivity contribution in [2.75, 3.05) is 7.11 Å². The van der Waals surface area contributed by atoms with Gasteiger partial charge in [-0.15, -0.1) is 0 Å². The van der Waals surface area contributed by atoms with E-state index in [0.29, 0.717) is 18.5 Å². The first-order valence-electron chi connectivity index (χ1n) is 6.22. The summed E-state index contributed by atoms with van der Waals surface area (Å²) in [5.41, 5.74) is 1.06. The van der Waals surface area contributed by atoms with Crippen LogP contribution < -0.4 is 4.74 Å². The van der Waals surface area contributed by atoms with Crippen LogP contribution in [-0.2, 0) is 11.3 Å². The van der Waals surface area contributed by atoms with E-state index in [0.717, 1.165) is 18.4 Å². The normalized spacial score (nSPS) is 15.8. The van der Waals surface area contributed by atoms with Crippen LogP contribution in [0.3, 0.4) is 0 Å². The van der Waals surface area contributed by atoms with Gasteiger partial charge in [-0.3, -0.25) is 0 Å². The average molecular weight is 250 g/mol. The Bertz CT molecular complexity index is 422. The first-order valence-corrected chi connectivity index (χ1v) is 6.22. The largest absolute Gasteiger partial charge is 0.496 e. The van der Waals surface area contributed by atoms with Crippen LogP contribution in [0.4, 0.5) is 0 Å². The lowest BCUT2D eigenvalue weighted by Crippen LogP contribution is -2.08. The number of hydrogen-bond acceptors (Lipinski definition) is 3. The topological polar surface area (TPSA) is 55.8 Å². The molecule has 0 bridgehead atoms. The molecule has 1 saturated carbocycles. The summed E-state index contributed by atoms with van der Waals surface area (Å²) >= 11 is 0. The van der Waals surface area contributed by atoms with Crippen molar-refractivity contribution < 1.29 is 19.4 Å². The highest BCUT2D eigenvalue weighted by atomic mass is 16.5. The molecule has 0 spiro atoms. The Morgan fingerprint density at radius 3 is 2.72 bits per heavy atom. The number of rotatable bonds is 5. The summed E-state index contributed by atoms with van der Waals surface area (Å²) < 4.78 is 11.0. The van der Waals surface area contributed by atoms with Gasteiger partial charge in [0.1, 0.15) is 5.75 Å². The molecule has 4 heteroatoms. The van der Waals surface area contributed by atoms with Crippen molar-refractivity contribution in [2.45, 2.75) is 38.4 Å². The molecule has 1 aliphatic rings. The zero-order valence-electron chi connectivity index (χ0n) is 10.5. The Labute approximate surface area is 107 Å². The first kappa shape index (κ1) is 12.9. The van der Waals surface area contributed by atoms with Crippen molar-refractivity contribution in [1.29, 1.82) is 0 Å². The second-order valence-corrected chi connectivity index (χ2v) is 4.55. The van der Waals surface area contributed by atoms with Gasteiger partial charge >= 0.3 is 5.97 Å². The van der Waals surface area contributed by atoms with Crippen molar-refractivity contribution in [3.63, 3.8) is 0 Å². The predicted octanol–water partition coefficient (Wildman–Crippen LogP) is 2.85. The second kappa shape index (κ2) is 5.87. The van der Waals surface area contributed by atoms with Crippen molar-refractivity contribution in [3.05, 3.63) is 29.3 Å². The molecule has 0 radical (unpaired) electrons. The number of carboxylic acids is 1. The minimum absolute atomic E-state index is 0.265. The van der Waals surface area contributed by atoms with Gasteiger partial charge in [0.2, 0.25) is 0 Å². The quantitative estimate of drug-likeness (QED) is 0.873. The third-order valence-electron chi connectivity index (χ3n) is 3.30. The molecule has 2 rings (SSSR count). The standard InChI is InChI=1S/C14H18O4/c1-17-13-7-6-10(14(15)16)8-11(13)9-18-12-4-2-3-5-12/h6-8,12H,2-5,9H2,1H3,(H,15,16). The van der Waals surface area contributed by atoms with Crippen molar-refractivity contribution in [3.8, 4) is 5.75 Å². The van der Waals surface area contributed by atoms with Crippen LogP contribution in [0.2, 0.25) is 0 Å². The molecule has 1 fully saturated rings. The third-order valence-corrected chi connectivity index (χ3v) is 3.30. The molecule has 0 amide bonds. The van der Waals surface area contributed by atoms with Gasteiger partial charge in [0, 0.05) is 5.56 Å². The smallest absolute Gasteiger partial charge is 0.335 e. The fourth-order valence-corrected chi connectivity index (χ4v) is 2.29. The molecule has 0 aliphatic heterocycles. The van der Waals surface area contributed by atoms with Crippen LogP contribution >= 0.6 is 0 Å². The molecule has 0 atom stereocenters. The molecule has 0 heterocycles. The Balaban J connectivity index is 2.08. The van der Waals surface area contributed by atoms with Crippen molar-refractivity contribution >= 4 is 5.97 Å². The molecule has 0 saturated heterocycles. The van der Waals surface area contributed by atoms with E-state index < -0.39 is 5.97 Å². The monoisotopic (exact) mass is 250 g/mol. The van der Waals surface area contributed by atoms with Crippen LogP contribution in [0.25, 0.3) is 0 Å². The van der Waals surface area contributed by atoms with Crippen LogP contribution in [0.15, 0.2) is 18.2 Å². The Morgan fingerprint density at radius 2 is 2.11 bits per heavy atom. The van der Waals surface area contributed by atoms with Crippen molar-refractivity contribution in [2.24, 2.45) is 0 Å². The minimum atomic E-state index is -0.931. The van der Waals surface area contributed by atoms with E-state index in [1.54, 1.807) is 25.3 Å². The van der Waals surface area contributed by atoms with Gasteiger partial charge in [-0.1, -0.05) is 12.8 Å². The second-order valence-electron chi connectivity index (χ2n) is 4.55. The molecule has 1 N–H and O–H groups in total. The molecule has 18 heavy (non-hydrogen) atoms. The van der Waals surface area contributed by atoms with Crippen LogP contribution in [0.1, 0.15) is 41.6 Å². The van der Waals surface area contributed by atoms with Gasteiger partial charge in [0.25, 0.3) is 0 Å². The van der Waals surface area contributed by atoms with E-state index in [9.17, 15) is 4.79 Å². The highest BCUT2D eigenvalue weighted by Gasteiger charge is 2.16. The van der Waals surface area contributed by atoms with E-state index >= 15 is 0 Å². The lowest BCUT2D eigenvalue weighted by Gasteiger charge is -2.14. The van der Waals surface area contributed by atoms with Gasteiger partial charge in [-0.25, -0.2) is 4.79 Å². The fourth-order valence-electron chi connectivity index (χ4n) is 2.29. The average Bonchev–Trinajstić information content (AvgIpc) is 2.89. The summed E-state index contributed by atoms with van der Waals surface area (Å²) in [5, 5.41) is 8.97. The number of carboxylic acid groups (broad SMARTS) is 1. The summed E-state index contributed by atoms with van der Waals surface area (Å²) in [7, 11) is 1.58. The lowest BCUT2D eigenvalue weighted by molar-refractivity contribution is 0.0445. The van der Waals surface area contributed by atoms with Crippen LogP contribution in [-0.4, -0.2) is 24.3 Å². The molecule has 98 valence electrons. The maximum atomic E-state index is 10.9. The van der Waals surface area contributed by atoms with Gasteiger partial charge < -0.3 is 14.6 Å². The Morgan fingerprint density at radius 1 is 1.39 bits per heavy atom. The van der Waals surface area contributed by atoms with E-state index in [1.807, 2.05) is 0 Å². The number of hydrogen-bond donors (Lipinski definition) is 1. The zero-order valence-corrected chi connectivity index (χ0v) is 10.5. The van der Waals surface area contributed by atoms with Crippen molar-refractivity contribution in [1.82, 2.24) is 0 Å². The molecule has 0 unspecified atom stereocenters. The van der Waals surface area contributed by atoms with Crippen LogP contribution in [0, 0.1) is 0 Å². The lowest BCUT2D eigenvalue weighted by atomic mass is 10.1. The summed E-state index contributed by atoms with van der Waals surface area (Å²) in [4.78, 5) is 10.9. The number of ether oxygens (including phenoxy) is 2.